The molecule has 0 rings (SSSR count). The Bertz CT molecular complexity index is 432. The SMILES string of the molecule is FC(F)=C(Cl)C(F)C(F)(F)C(F)C(F)(F)C(F)(F)C(F)(F)F. The van der Waals surface area contributed by atoms with E-state index in [2.05, 4.69) is 11.6 Å². The smallest absolute Gasteiger partial charge is 0.234 e. The van der Waals surface area contributed by atoms with Gasteiger partial charge in [-0.05, 0) is 0 Å². The third-order valence-corrected chi connectivity index (χ3v) is 2.51. The van der Waals surface area contributed by atoms with Crippen LogP contribution in [0.3, 0.4) is 0 Å². The lowest BCUT2D eigenvalue weighted by Crippen LogP contribution is -2.62. The van der Waals surface area contributed by atoms with E-state index in [0.717, 1.165) is 0 Å². The summed E-state index contributed by atoms with van der Waals surface area (Å²) in [7, 11) is 0. The van der Waals surface area contributed by atoms with Gasteiger partial charge >= 0.3 is 23.9 Å². The average molecular weight is 381 g/mol. The lowest BCUT2D eigenvalue weighted by molar-refractivity contribution is -0.379. The lowest BCUT2D eigenvalue weighted by atomic mass is 9.97. The van der Waals surface area contributed by atoms with Crippen molar-refractivity contribution in [3.8, 4) is 0 Å². The zero-order chi connectivity index (χ0) is 18.3. The first kappa shape index (κ1) is 21.1. The van der Waals surface area contributed by atoms with E-state index >= 15 is 0 Å². The minimum absolute atomic E-state index is 2.82. The van der Waals surface area contributed by atoms with Crippen LogP contribution in [-0.2, 0) is 0 Å². The first-order valence-electron chi connectivity index (χ1n) is 4.61. The highest BCUT2D eigenvalue weighted by molar-refractivity contribution is 6.30. The maximum Gasteiger partial charge on any atom is 0.459 e. The van der Waals surface area contributed by atoms with Gasteiger partial charge in [0.05, 0.1) is 0 Å². The van der Waals surface area contributed by atoms with Crippen LogP contribution < -0.4 is 0 Å². The monoisotopic (exact) mass is 380 g/mol. The fourth-order valence-corrected chi connectivity index (χ4v) is 1.13. The molecule has 0 aliphatic rings. The molecule has 2 unspecified atom stereocenters. The molecule has 22 heavy (non-hydrogen) atoms. The highest BCUT2D eigenvalue weighted by Gasteiger charge is 2.80. The van der Waals surface area contributed by atoms with Gasteiger partial charge in [-0.3, -0.25) is 0 Å². The van der Waals surface area contributed by atoms with Crippen molar-refractivity contribution in [3.05, 3.63) is 11.1 Å². The van der Waals surface area contributed by atoms with Crippen LogP contribution in [0.15, 0.2) is 11.1 Å². The second-order valence-electron chi connectivity index (χ2n) is 3.70. The molecule has 0 spiro atoms. The van der Waals surface area contributed by atoms with Crippen molar-refractivity contribution in [2.24, 2.45) is 0 Å². The van der Waals surface area contributed by atoms with Gasteiger partial charge in [-0.25, -0.2) is 8.78 Å². The summed E-state index contributed by atoms with van der Waals surface area (Å²) in [6.07, 6.45) is -21.2. The summed E-state index contributed by atoms with van der Waals surface area (Å²) in [5, 5.41) is -2.82. The third kappa shape index (κ3) is 3.38. The van der Waals surface area contributed by atoms with Gasteiger partial charge in [-0.1, -0.05) is 11.6 Å². The van der Waals surface area contributed by atoms with E-state index in [9.17, 15) is 57.1 Å². The van der Waals surface area contributed by atoms with Crippen molar-refractivity contribution < 1.29 is 57.1 Å². The molecular formula is C8H2ClF13. The van der Waals surface area contributed by atoms with Crippen LogP contribution in [0.1, 0.15) is 0 Å². The molecule has 132 valence electrons. The molecule has 0 bridgehead atoms. The minimum atomic E-state index is -7.33. The Hall–Kier alpha value is -0.880. The van der Waals surface area contributed by atoms with Gasteiger partial charge in [0.15, 0.2) is 0 Å². The highest BCUT2D eigenvalue weighted by Crippen LogP contribution is 2.53. The molecular weight excluding hydrogens is 379 g/mol. The first-order valence-corrected chi connectivity index (χ1v) is 4.99. The molecule has 0 N–H and O–H groups in total. The molecule has 14 heteroatoms. The van der Waals surface area contributed by atoms with Gasteiger partial charge in [0.1, 0.15) is 5.03 Å². The van der Waals surface area contributed by atoms with Crippen LogP contribution in [0.4, 0.5) is 57.1 Å². The van der Waals surface area contributed by atoms with E-state index in [0.29, 0.717) is 0 Å². The molecule has 0 saturated carbocycles. The van der Waals surface area contributed by atoms with Crippen molar-refractivity contribution >= 4 is 11.6 Å². The topological polar surface area (TPSA) is 0 Å². The maximum absolute atomic E-state index is 12.9. The molecule has 0 aromatic heterocycles. The van der Waals surface area contributed by atoms with Crippen LogP contribution in [0.5, 0.6) is 0 Å². The Balaban J connectivity index is 5.84. The Morgan fingerprint density at radius 2 is 1.14 bits per heavy atom. The second-order valence-corrected chi connectivity index (χ2v) is 4.11. The zero-order valence-electron chi connectivity index (χ0n) is 9.45. The summed E-state index contributed by atoms with van der Waals surface area (Å²) in [4.78, 5) is 0. The molecule has 2 atom stereocenters. The summed E-state index contributed by atoms with van der Waals surface area (Å²) >= 11 is 4.20. The minimum Gasteiger partial charge on any atom is -0.234 e. The predicted molar refractivity (Wildman–Crippen MR) is 45.8 cm³/mol. The van der Waals surface area contributed by atoms with E-state index in [1.807, 2.05) is 0 Å². The molecule has 0 saturated heterocycles. The van der Waals surface area contributed by atoms with Crippen LogP contribution in [-0.4, -0.2) is 36.3 Å². The van der Waals surface area contributed by atoms with Crippen molar-refractivity contribution in [2.45, 2.75) is 36.3 Å². The summed E-state index contributed by atoms with van der Waals surface area (Å²) in [6, 6.07) is 0. The summed E-state index contributed by atoms with van der Waals surface area (Å²) in [5.74, 6) is -20.9. The number of rotatable bonds is 5. The molecule has 0 radical (unpaired) electrons. The largest absolute Gasteiger partial charge is 0.459 e. The van der Waals surface area contributed by atoms with Crippen LogP contribution in [0, 0.1) is 0 Å². The average Bonchev–Trinajstić information content (AvgIpc) is 2.33. The Labute approximate surface area is 117 Å². The molecule has 0 aromatic rings. The fourth-order valence-electron chi connectivity index (χ4n) is 0.983. The number of halogens is 14. The van der Waals surface area contributed by atoms with E-state index in [4.69, 9.17) is 0 Å². The van der Waals surface area contributed by atoms with E-state index in [1.165, 1.54) is 0 Å². The van der Waals surface area contributed by atoms with Crippen molar-refractivity contribution in [3.63, 3.8) is 0 Å². The number of alkyl halides is 11. The summed E-state index contributed by atoms with van der Waals surface area (Å²) in [6.45, 7) is 0. The molecule has 0 aromatic carbocycles. The third-order valence-electron chi connectivity index (χ3n) is 2.17. The highest BCUT2D eigenvalue weighted by atomic mass is 35.5. The van der Waals surface area contributed by atoms with Gasteiger partial charge < -0.3 is 0 Å². The Morgan fingerprint density at radius 1 is 0.773 bits per heavy atom. The first-order chi connectivity index (χ1) is 9.42. The standard InChI is InChI=1S/C8H2ClF13/c9-1(3(11)12)2(10)5(14,15)4(13)6(16,17)7(18,19)8(20,21)22/h2,4H. The van der Waals surface area contributed by atoms with Gasteiger partial charge in [0.25, 0.3) is 6.08 Å². The molecule has 0 aliphatic heterocycles. The second kappa shape index (κ2) is 5.96. The molecule has 0 aliphatic carbocycles. The van der Waals surface area contributed by atoms with Crippen molar-refractivity contribution in [2.75, 3.05) is 0 Å². The zero-order valence-corrected chi connectivity index (χ0v) is 10.2. The van der Waals surface area contributed by atoms with Gasteiger partial charge in [0.2, 0.25) is 12.3 Å². The van der Waals surface area contributed by atoms with Gasteiger partial charge in [-0.2, -0.15) is 48.3 Å². The molecule has 0 heterocycles. The fraction of sp³-hybridized carbons (Fsp3) is 0.750. The molecule has 0 amide bonds. The lowest BCUT2D eigenvalue weighted by Gasteiger charge is -2.34. The Kier molecular flexibility index (Phi) is 5.72. The molecule has 0 nitrogen and oxygen atoms in total. The van der Waals surface area contributed by atoms with Crippen molar-refractivity contribution in [1.82, 2.24) is 0 Å². The maximum atomic E-state index is 12.9. The van der Waals surface area contributed by atoms with E-state index in [1.54, 1.807) is 0 Å². The van der Waals surface area contributed by atoms with E-state index < -0.39 is 47.4 Å². The van der Waals surface area contributed by atoms with Crippen molar-refractivity contribution in [1.29, 1.82) is 0 Å². The van der Waals surface area contributed by atoms with E-state index in [-0.39, 0.29) is 0 Å². The Morgan fingerprint density at radius 3 is 1.41 bits per heavy atom. The number of hydrogen-bond donors (Lipinski definition) is 0. The quantitative estimate of drug-likeness (QED) is 0.554. The van der Waals surface area contributed by atoms with Gasteiger partial charge in [0, 0.05) is 0 Å². The summed E-state index contributed by atoms with van der Waals surface area (Å²) < 4.78 is 160. The molecule has 0 fully saturated rings. The predicted octanol–water partition coefficient (Wildman–Crippen LogP) is 5.48. The van der Waals surface area contributed by atoms with Crippen LogP contribution >= 0.6 is 11.6 Å². The van der Waals surface area contributed by atoms with Crippen LogP contribution in [0.2, 0.25) is 0 Å². The summed E-state index contributed by atoms with van der Waals surface area (Å²) in [5.41, 5.74) is 0. The van der Waals surface area contributed by atoms with Crippen LogP contribution in [0.25, 0.3) is 0 Å². The number of hydrogen-bond acceptors (Lipinski definition) is 0. The normalized spacial score (nSPS) is 17.2. The van der Waals surface area contributed by atoms with Gasteiger partial charge in [-0.15, -0.1) is 0 Å². The number of allylic oxidation sites excluding steroid dienone is 1.